The average Bonchev–Trinajstić information content (AvgIpc) is 2.82. The molecular formula is C26H29F3N4O. The van der Waals surface area contributed by atoms with E-state index in [0.717, 1.165) is 59.8 Å². The van der Waals surface area contributed by atoms with Crippen LogP contribution >= 0.6 is 0 Å². The van der Waals surface area contributed by atoms with Gasteiger partial charge in [0.15, 0.2) is 0 Å². The van der Waals surface area contributed by atoms with E-state index in [4.69, 9.17) is 0 Å². The Kier molecular flexibility index (Phi) is 5.59. The van der Waals surface area contributed by atoms with E-state index in [0.29, 0.717) is 30.3 Å². The van der Waals surface area contributed by atoms with Crippen LogP contribution in [0.5, 0.6) is 0 Å². The van der Waals surface area contributed by atoms with Crippen LogP contribution in [0, 0.1) is 6.92 Å². The highest BCUT2D eigenvalue weighted by molar-refractivity contribution is 5.97. The van der Waals surface area contributed by atoms with Gasteiger partial charge in [-0.3, -0.25) is 4.79 Å². The maximum atomic E-state index is 13.6. The van der Waals surface area contributed by atoms with Gasteiger partial charge in [0.05, 0.1) is 28.1 Å². The average molecular weight is 471 g/mol. The van der Waals surface area contributed by atoms with Crippen LogP contribution in [0.3, 0.4) is 0 Å². The molecule has 5 nitrogen and oxygen atoms in total. The summed E-state index contributed by atoms with van der Waals surface area (Å²) < 4.78 is 42.5. The highest BCUT2D eigenvalue weighted by Gasteiger charge is 2.33. The summed E-state index contributed by atoms with van der Waals surface area (Å²) in [5, 5.41) is 4.27. The van der Waals surface area contributed by atoms with E-state index in [1.807, 2.05) is 22.9 Å². The van der Waals surface area contributed by atoms with Gasteiger partial charge in [0.25, 0.3) is 5.56 Å². The van der Waals surface area contributed by atoms with Crippen molar-refractivity contribution < 1.29 is 13.2 Å². The molecule has 0 spiro atoms. The molecule has 34 heavy (non-hydrogen) atoms. The predicted molar refractivity (Wildman–Crippen MR) is 130 cm³/mol. The first-order valence-electron chi connectivity index (χ1n) is 11.7. The number of anilines is 3. The number of likely N-dealkylation sites (N-methyl/N-ethyl adjacent to an activating group) is 1. The first kappa shape index (κ1) is 22.8. The normalized spacial score (nSPS) is 17.4. The number of hydrogen-bond acceptors (Lipinski definition) is 4. The van der Waals surface area contributed by atoms with Gasteiger partial charge in [-0.05, 0) is 80.7 Å². The summed E-state index contributed by atoms with van der Waals surface area (Å²) in [6.45, 7) is 4.87. The van der Waals surface area contributed by atoms with Crippen molar-refractivity contribution in [2.75, 3.05) is 43.0 Å². The maximum Gasteiger partial charge on any atom is 0.416 e. The monoisotopic (exact) mass is 470 g/mol. The zero-order chi connectivity index (χ0) is 24.2. The zero-order valence-corrected chi connectivity index (χ0v) is 19.7. The van der Waals surface area contributed by atoms with Crippen LogP contribution in [0.2, 0.25) is 0 Å². The molecule has 180 valence electrons. The van der Waals surface area contributed by atoms with E-state index in [-0.39, 0.29) is 5.56 Å². The molecule has 1 fully saturated rings. The van der Waals surface area contributed by atoms with Gasteiger partial charge in [-0.25, -0.2) is 0 Å². The lowest BCUT2D eigenvalue weighted by atomic mass is 9.88. The third-order valence-electron chi connectivity index (χ3n) is 7.29. The van der Waals surface area contributed by atoms with Crippen molar-refractivity contribution in [1.29, 1.82) is 0 Å². The summed E-state index contributed by atoms with van der Waals surface area (Å²) in [5.41, 5.74) is 4.01. The molecule has 2 aromatic carbocycles. The van der Waals surface area contributed by atoms with Crippen LogP contribution in [0.4, 0.5) is 30.2 Å². The summed E-state index contributed by atoms with van der Waals surface area (Å²) in [6, 6.07) is 10.1. The van der Waals surface area contributed by atoms with Gasteiger partial charge in [-0.15, -0.1) is 0 Å². The van der Waals surface area contributed by atoms with Crippen LogP contribution < -0.4 is 20.7 Å². The van der Waals surface area contributed by atoms with Crippen LogP contribution in [0.25, 0.3) is 10.9 Å². The minimum Gasteiger partial charge on any atom is -0.371 e. The summed E-state index contributed by atoms with van der Waals surface area (Å²) in [7, 11) is 3.67. The van der Waals surface area contributed by atoms with Gasteiger partial charge in [-0.2, -0.15) is 13.2 Å². The number of piperidine rings is 1. The number of rotatable bonds is 2. The minimum atomic E-state index is -4.42. The lowest BCUT2D eigenvalue weighted by Crippen LogP contribution is -2.37. The third-order valence-corrected chi connectivity index (χ3v) is 7.29. The van der Waals surface area contributed by atoms with Crippen LogP contribution in [-0.2, 0) is 13.2 Å². The van der Waals surface area contributed by atoms with E-state index in [1.165, 1.54) is 6.07 Å². The Morgan fingerprint density at radius 1 is 0.941 bits per heavy atom. The van der Waals surface area contributed by atoms with Crippen LogP contribution in [0.15, 0.2) is 41.2 Å². The molecule has 1 aromatic heterocycles. The van der Waals surface area contributed by atoms with Crippen molar-refractivity contribution in [3.63, 3.8) is 0 Å². The second kappa shape index (κ2) is 8.34. The number of aromatic nitrogens is 1. The van der Waals surface area contributed by atoms with Crippen molar-refractivity contribution >= 4 is 28.0 Å². The Bertz CT molecular complexity index is 1310. The van der Waals surface area contributed by atoms with Gasteiger partial charge >= 0.3 is 6.18 Å². The van der Waals surface area contributed by atoms with Crippen LogP contribution in [-0.4, -0.2) is 37.8 Å². The molecule has 0 saturated carbocycles. The summed E-state index contributed by atoms with van der Waals surface area (Å²) in [4.78, 5) is 16.8. The number of fused-ring (bicyclic) bond motifs is 2. The molecule has 5 rings (SSSR count). The topological polar surface area (TPSA) is 40.5 Å². The predicted octanol–water partition coefficient (Wildman–Crippen LogP) is 4.92. The molecule has 0 unspecified atom stereocenters. The fourth-order valence-corrected chi connectivity index (χ4v) is 5.32. The highest BCUT2D eigenvalue weighted by atomic mass is 19.4. The molecule has 0 bridgehead atoms. The van der Waals surface area contributed by atoms with Gasteiger partial charge < -0.3 is 19.7 Å². The van der Waals surface area contributed by atoms with Gasteiger partial charge in [0.1, 0.15) is 0 Å². The first-order valence-corrected chi connectivity index (χ1v) is 11.7. The maximum absolute atomic E-state index is 13.6. The number of halogens is 3. The zero-order valence-electron chi connectivity index (χ0n) is 19.7. The Hall–Kier alpha value is -3.00. The van der Waals surface area contributed by atoms with Gasteiger partial charge in [-0.1, -0.05) is 0 Å². The van der Waals surface area contributed by atoms with E-state index >= 15 is 0 Å². The number of aryl methyl sites for hydroxylation is 2. The smallest absolute Gasteiger partial charge is 0.371 e. The molecule has 3 aromatic rings. The molecule has 1 N–H and O–H groups in total. The molecule has 1 saturated heterocycles. The summed E-state index contributed by atoms with van der Waals surface area (Å²) >= 11 is 0. The number of benzene rings is 2. The molecule has 0 radical (unpaired) electrons. The van der Waals surface area contributed by atoms with Crippen molar-refractivity contribution in [3.05, 3.63) is 63.4 Å². The minimum absolute atomic E-state index is 0.0564. The highest BCUT2D eigenvalue weighted by Crippen LogP contribution is 2.44. The van der Waals surface area contributed by atoms with Crippen molar-refractivity contribution in [3.8, 4) is 0 Å². The first-order chi connectivity index (χ1) is 16.1. The van der Waals surface area contributed by atoms with Gasteiger partial charge in [0, 0.05) is 38.1 Å². The Labute approximate surface area is 196 Å². The molecule has 0 aliphatic carbocycles. The molecule has 8 heteroatoms. The lowest BCUT2D eigenvalue weighted by molar-refractivity contribution is -0.137. The molecule has 0 amide bonds. The third kappa shape index (κ3) is 3.83. The number of hydrogen-bond donors (Lipinski definition) is 1. The molecular weight excluding hydrogens is 441 g/mol. The lowest BCUT2D eigenvalue weighted by Gasteiger charge is -2.38. The molecule has 0 atom stereocenters. The largest absolute Gasteiger partial charge is 0.416 e. The van der Waals surface area contributed by atoms with Gasteiger partial charge in [0.2, 0.25) is 0 Å². The quantitative estimate of drug-likeness (QED) is 0.577. The number of pyridine rings is 1. The van der Waals surface area contributed by atoms with E-state index < -0.39 is 11.7 Å². The number of nitrogens with zero attached hydrogens (tertiary/aromatic N) is 3. The number of alkyl halides is 3. The fraction of sp³-hybridized carbons (Fsp3) is 0.423. The van der Waals surface area contributed by atoms with E-state index in [9.17, 15) is 18.0 Å². The van der Waals surface area contributed by atoms with Crippen molar-refractivity contribution in [2.45, 2.75) is 31.9 Å². The second-order valence-electron chi connectivity index (χ2n) is 9.46. The summed E-state index contributed by atoms with van der Waals surface area (Å²) in [5.74, 6) is 0.342. The summed E-state index contributed by atoms with van der Waals surface area (Å²) in [6.07, 6.45) is -2.44. The molecule has 2 aliphatic heterocycles. The molecule has 3 heterocycles. The van der Waals surface area contributed by atoms with Crippen molar-refractivity contribution in [1.82, 2.24) is 9.88 Å². The standard InChI is InChI=1S/C26H29F3N4O/c1-16-12-20-22(32(3)25(16)34)13-18(17-6-8-30-9-7-17)14-23(20)33-11-10-31(2)21-5-4-19(15-24(21)33)26(27,28)29/h4-5,12-15,17,30H,6-11H2,1-3H3. The van der Waals surface area contributed by atoms with Crippen molar-refractivity contribution in [2.24, 2.45) is 7.05 Å². The second-order valence-corrected chi connectivity index (χ2v) is 9.46. The molecule has 2 aliphatic rings. The fourth-order valence-electron chi connectivity index (χ4n) is 5.32. The Morgan fingerprint density at radius 3 is 2.38 bits per heavy atom. The Balaban J connectivity index is 1.76. The van der Waals surface area contributed by atoms with E-state index in [2.05, 4.69) is 17.4 Å². The number of nitrogens with one attached hydrogen (secondary N) is 1. The van der Waals surface area contributed by atoms with Crippen LogP contribution in [0.1, 0.15) is 35.4 Å². The SMILES string of the molecule is Cc1cc2c(N3CCN(C)c4ccc(C(F)(F)F)cc43)cc(C3CCNCC3)cc2n(C)c1=O. The van der Waals surface area contributed by atoms with E-state index in [1.54, 1.807) is 24.6 Å². The Morgan fingerprint density at radius 2 is 1.68 bits per heavy atom.